The standard InChI is InChI=1S/C18H22N2O3S/c1-4-14(3)20-24(22,23)16-10-11-17(13(2)12-16)19-18(21)15-8-6-5-7-9-15/h5-12,14,20H,4H2,1-3H3,(H,19,21)/t14-/m1/s1. The lowest BCUT2D eigenvalue weighted by Gasteiger charge is -2.14. The van der Waals surface area contributed by atoms with Gasteiger partial charge in [-0.05, 0) is 56.2 Å². The van der Waals surface area contributed by atoms with Crippen LogP contribution in [0.2, 0.25) is 0 Å². The molecule has 2 N–H and O–H groups in total. The molecule has 6 heteroatoms. The molecule has 0 aromatic heterocycles. The first-order valence-corrected chi connectivity index (χ1v) is 9.31. The van der Waals surface area contributed by atoms with Crippen LogP contribution in [0, 0.1) is 6.92 Å². The summed E-state index contributed by atoms with van der Waals surface area (Å²) in [5.41, 5.74) is 1.82. The third-order valence-electron chi connectivity index (χ3n) is 3.76. The number of amides is 1. The van der Waals surface area contributed by atoms with Crippen molar-refractivity contribution in [1.82, 2.24) is 4.72 Å². The Hall–Kier alpha value is -2.18. The molecule has 0 heterocycles. The summed E-state index contributed by atoms with van der Waals surface area (Å²) >= 11 is 0. The van der Waals surface area contributed by atoms with Crippen LogP contribution in [0.1, 0.15) is 36.2 Å². The van der Waals surface area contributed by atoms with Crippen molar-refractivity contribution < 1.29 is 13.2 Å². The Bertz CT molecular complexity index is 817. The van der Waals surface area contributed by atoms with E-state index in [0.29, 0.717) is 23.2 Å². The van der Waals surface area contributed by atoms with Crippen LogP contribution in [-0.2, 0) is 10.0 Å². The van der Waals surface area contributed by atoms with E-state index in [0.717, 1.165) is 0 Å². The quantitative estimate of drug-likeness (QED) is 0.842. The second kappa shape index (κ2) is 7.59. The summed E-state index contributed by atoms with van der Waals surface area (Å²) in [6.07, 6.45) is 0.712. The molecule has 2 rings (SSSR count). The van der Waals surface area contributed by atoms with Crippen molar-refractivity contribution in [3.63, 3.8) is 0 Å². The molecule has 0 fully saturated rings. The summed E-state index contributed by atoms with van der Waals surface area (Å²) in [4.78, 5) is 12.4. The van der Waals surface area contributed by atoms with E-state index in [4.69, 9.17) is 0 Å². The normalized spacial score (nSPS) is 12.6. The van der Waals surface area contributed by atoms with Crippen LogP contribution < -0.4 is 10.0 Å². The number of aryl methyl sites for hydroxylation is 1. The number of carbonyl (C=O) groups is 1. The third kappa shape index (κ3) is 4.43. The molecule has 2 aromatic rings. The number of nitrogens with one attached hydrogen (secondary N) is 2. The van der Waals surface area contributed by atoms with Gasteiger partial charge in [0.15, 0.2) is 0 Å². The molecule has 2 aromatic carbocycles. The average molecular weight is 346 g/mol. The Morgan fingerprint density at radius 1 is 1.12 bits per heavy atom. The van der Waals surface area contributed by atoms with Gasteiger partial charge >= 0.3 is 0 Å². The molecule has 24 heavy (non-hydrogen) atoms. The summed E-state index contributed by atoms with van der Waals surface area (Å²) < 4.78 is 27.2. The van der Waals surface area contributed by atoms with Gasteiger partial charge in [0, 0.05) is 17.3 Å². The lowest BCUT2D eigenvalue weighted by molar-refractivity contribution is 0.102. The van der Waals surface area contributed by atoms with E-state index in [2.05, 4.69) is 10.0 Å². The van der Waals surface area contributed by atoms with Gasteiger partial charge < -0.3 is 5.32 Å². The molecule has 0 saturated heterocycles. The Morgan fingerprint density at radius 3 is 2.38 bits per heavy atom. The molecule has 5 nitrogen and oxygen atoms in total. The maximum atomic E-state index is 12.3. The monoisotopic (exact) mass is 346 g/mol. The molecule has 128 valence electrons. The zero-order valence-electron chi connectivity index (χ0n) is 14.0. The summed E-state index contributed by atoms with van der Waals surface area (Å²) in [6.45, 7) is 5.50. The third-order valence-corrected chi connectivity index (χ3v) is 5.35. The fourth-order valence-electron chi connectivity index (χ4n) is 2.14. The number of sulfonamides is 1. The van der Waals surface area contributed by atoms with Crippen molar-refractivity contribution in [3.05, 3.63) is 59.7 Å². The minimum Gasteiger partial charge on any atom is -0.322 e. The molecular weight excluding hydrogens is 324 g/mol. The van der Waals surface area contributed by atoms with E-state index in [1.165, 1.54) is 6.07 Å². The average Bonchev–Trinajstić information content (AvgIpc) is 2.56. The highest BCUT2D eigenvalue weighted by Gasteiger charge is 2.18. The predicted molar refractivity (Wildman–Crippen MR) is 95.6 cm³/mol. The van der Waals surface area contributed by atoms with Crippen LogP contribution in [-0.4, -0.2) is 20.4 Å². The molecule has 0 aliphatic carbocycles. The molecule has 0 unspecified atom stereocenters. The predicted octanol–water partition coefficient (Wildman–Crippen LogP) is 3.32. The van der Waals surface area contributed by atoms with Crippen LogP contribution >= 0.6 is 0 Å². The van der Waals surface area contributed by atoms with E-state index in [9.17, 15) is 13.2 Å². The molecule has 0 radical (unpaired) electrons. The molecular formula is C18H22N2O3S. The Labute approximate surface area is 143 Å². The summed E-state index contributed by atoms with van der Waals surface area (Å²) in [6, 6.07) is 13.4. The highest BCUT2D eigenvalue weighted by Crippen LogP contribution is 2.20. The largest absolute Gasteiger partial charge is 0.322 e. The second-order valence-corrected chi connectivity index (χ2v) is 7.44. The van der Waals surface area contributed by atoms with Gasteiger partial charge in [0.05, 0.1) is 4.90 Å². The van der Waals surface area contributed by atoms with Gasteiger partial charge in [-0.3, -0.25) is 4.79 Å². The summed E-state index contributed by atoms with van der Waals surface area (Å²) in [5.74, 6) is -0.230. The second-order valence-electron chi connectivity index (χ2n) is 5.73. The maximum Gasteiger partial charge on any atom is 0.255 e. The SMILES string of the molecule is CC[C@@H](C)NS(=O)(=O)c1ccc(NC(=O)c2ccccc2)c(C)c1. The minimum absolute atomic E-state index is 0.132. The van der Waals surface area contributed by atoms with E-state index in [1.54, 1.807) is 43.3 Å². The van der Waals surface area contributed by atoms with Gasteiger partial charge in [-0.2, -0.15) is 0 Å². The van der Waals surface area contributed by atoms with Gasteiger partial charge in [-0.25, -0.2) is 13.1 Å². The zero-order valence-corrected chi connectivity index (χ0v) is 14.9. The van der Waals surface area contributed by atoms with Crippen LogP contribution in [0.15, 0.2) is 53.4 Å². The van der Waals surface area contributed by atoms with Crippen molar-refractivity contribution in [2.75, 3.05) is 5.32 Å². The van der Waals surface area contributed by atoms with Crippen molar-refractivity contribution in [2.45, 2.75) is 38.1 Å². The van der Waals surface area contributed by atoms with Gasteiger partial charge in [0.2, 0.25) is 10.0 Å². The number of carbonyl (C=O) groups excluding carboxylic acids is 1. The van der Waals surface area contributed by atoms with Crippen molar-refractivity contribution in [2.24, 2.45) is 0 Å². The van der Waals surface area contributed by atoms with Crippen LogP contribution in [0.25, 0.3) is 0 Å². The first kappa shape index (κ1) is 18.2. The molecule has 0 saturated carbocycles. The van der Waals surface area contributed by atoms with Crippen LogP contribution in [0.5, 0.6) is 0 Å². The smallest absolute Gasteiger partial charge is 0.255 e. The van der Waals surface area contributed by atoms with E-state index in [1.807, 2.05) is 19.9 Å². The Morgan fingerprint density at radius 2 is 1.79 bits per heavy atom. The molecule has 1 atom stereocenters. The van der Waals surface area contributed by atoms with Gasteiger partial charge in [-0.15, -0.1) is 0 Å². The van der Waals surface area contributed by atoms with Gasteiger partial charge in [0.1, 0.15) is 0 Å². The fourth-order valence-corrected chi connectivity index (χ4v) is 3.56. The molecule has 0 bridgehead atoms. The fraction of sp³-hybridized carbons (Fsp3) is 0.278. The van der Waals surface area contributed by atoms with Crippen molar-refractivity contribution >= 4 is 21.6 Å². The minimum atomic E-state index is -3.55. The molecule has 0 aliphatic rings. The summed E-state index contributed by atoms with van der Waals surface area (Å²) in [5, 5.41) is 2.80. The lowest BCUT2D eigenvalue weighted by Crippen LogP contribution is -2.32. The first-order valence-electron chi connectivity index (χ1n) is 7.83. The molecule has 0 aliphatic heterocycles. The van der Waals surface area contributed by atoms with E-state index < -0.39 is 10.0 Å². The number of hydrogen-bond donors (Lipinski definition) is 2. The summed E-state index contributed by atoms with van der Waals surface area (Å²) in [7, 11) is -3.55. The number of rotatable bonds is 6. The topological polar surface area (TPSA) is 75.3 Å². The number of hydrogen-bond acceptors (Lipinski definition) is 3. The van der Waals surface area contributed by atoms with E-state index in [-0.39, 0.29) is 16.8 Å². The van der Waals surface area contributed by atoms with Crippen molar-refractivity contribution in [3.8, 4) is 0 Å². The maximum absolute atomic E-state index is 12.3. The molecule has 1 amide bonds. The zero-order chi connectivity index (χ0) is 17.7. The van der Waals surface area contributed by atoms with Crippen LogP contribution in [0.3, 0.4) is 0 Å². The van der Waals surface area contributed by atoms with E-state index >= 15 is 0 Å². The number of benzene rings is 2. The Kier molecular flexibility index (Phi) is 5.75. The highest BCUT2D eigenvalue weighted by atomic mass is 32.2. The van der Waals surface area contributed by atoms with Gasteiger partial charge in [0.25, 0.3) is 5.91 Å². The highest BCUT2D eigenvalue weighted by molar-refractivity contribution is 7.89. The number of anilines is 1. The van der Waals surface area contributed by atoms with Crippen LogP contribution in [0.4, 0.5) is 5.69 Å². The first-order chi connectivity index (χ1) is 11.3. The van der Waals surface area contributed by atoms with Crippen molar-refractivity contribution in [1.29, 1.82) is 0 Å². The lowest BCUT2D eigenvalue weighted by atomic mass is 10.1. The Balaban J connectivity index is 2.20. The van der Waals surface area contributed by atoms with Gasteiger partial charge in [-0.1, -0.05) is 25.1 Å². The molecule has 0 spiro atoms.